The molecule has 0 radical (unpaired) electrons. The standard InChI is InChI=1S/C18H18N4O2/c23-18(11-22-16-7-3-2-6-15(16)20-21-22)19-10-13-9-14-5-1-4-8-17(14)24-12-13/h1-8,13H,9-12H2,(H,19,23). The van der Waals surface area contributed by atoms with E-state index in [1.807, 2.05) is 42.5 Å². The van der Waals surface area contributed by atoms with Crippen molar-refractivity contribution in [3.63, 3.8) is 0 Å². The summed E-state index contributed by atoms with van der Waals surface area (Å²) in [6.07, 6.45) is 0.919. The average molecular weight is 322 g/mol. The molecular formula is C18H18N4O2. The number of fused-ring (bicyclic) bond motifs is 2. The van der Waals surface area contributed by atoms with Gasteiger partial charge in [-0.3, -0.25) is 4.79 Å². The molecule has 2 aromatic carbocycles. The zero-order chi connectivity index (χ0) is 16.4. The molecule has 0 fully saturated rings. The number of aromatic nitrogens is 3. The van der Waals surface area contributed by atoms with Crippen LogP contribution in [0.2, 0.25) is 0 Å². The predicted molar refractivity (Wildman–Crippen MR) is 89.7 cm³/mol. The van der Waals surface area contributed by atoms with E-state index in [1.165, 1.54) is 5.56 Å². The van der Waals surface area contributed by atoms with Gasteiger partial charge in [0, 0.05) is 12.5 Å². The summed E-state index contributed by atoms with van der Waals surface area (Å²) >= 11 is 0. The zero-order valence-corrected chi connectivity index (χ0v) is 13.2. The van der Waals surface area contributed by atoms with Crippen LogP contribution in [-0.4, -0.2) is 34.1 Å². The Morgan fingerprint density at radius 2 is 2.04 bits per heavy atom. The van der Waals surface area contributed by atoms with Gasteiger partial charge < -0.3 is 10.1 Å². The maximum absolute atomic E-state index is 12.2. The highest BCUT2D eigenvalue weighted by molar-refractivity contribution is 5.79. The summed E-state index contributed by atoms with van der Waals surface area (Å²) in [5.74, 6) is 1.18. The van der Waals surface area contributed by atoms with Crippen LogP contribution in [0.15, 0.2) is 48.5 Å². The lowest BCUT2D eigenvalue weighted by atomic mass is 9.97. The van der Waals surface area contributed by atoms with E-state index in [-0.39, 0.29) is 18.4 Å². The van der Waals surface area contributed by atoms with Gasteiger partial charge in [0.15, 0.2) is 0 Å². The second kappa shape index (κ2) is 6.31. The maximum atomic E-state index is 12.2. The molecule has 1 amide bonds. The molecule has 6 nitrogen and oxygen atoms in total. The first-order chi connectivity index (χ1) is 11.8. The molecule has 6 heteroatoms. The lowest BCUT2D eigenvalue weighted by molar-refractivity contribution is -0.122. The van der Waals surface area contributed by atoms with Crippen LogP contribution in [-0.2, 0) is 17.8 Å². The monoisotopic (exact) mass is 322 g/mol. The number of amides is 1. The third-order valence-corrected chi connectivity index (χ3v) is 4.26. The number of benzene rings is 2. The number of para-hydroxylation sites is 2. The van der Waals surface area contributed by atoms with Crippen LogP contribution in [0.3, 0.4) is 0 Å². The summed E-state index contributed by atoms with van der Waals surface area (Å²) in [6, 6.07) is 15.7. The highest BCUT2D eigenvalue weighted by Gasteiger charge is 2.20. The summed E-state index contributed by atoms with van der Waals surface area (Å²) < 4.78 is 7.38. The number of hydrogen-bond donors (Lipinski definition) is 1. The molecule has 4 rings (SSSR count). The third kappa shape index (κ3) is 2.95. The van der Waals surface area contributed by atoms with Gasteiger partial charge in [0.2, 0.25) is 5.91 Å². The molecule has 0 saturated carbocycles. The molecule has 2 heterocycles. The van der Waals surface area contributed by atoms with Gasteiger partial charge in [-0.15, -0.1) is 5.10 Å². The van der Waals surface area contributed by atoms with Crippen molar-refractivity contribution in [3.05, 3.63) is 54.1 Å². The van der Waals surface area contributed by atoms with Gasteiger partial charge in [-0.1, -0.05) is 35.5 Å². The number of carbonyl (C=O) groups excluding carboxylic acids is 1. The number of rotatable bonds is 4. The zero-order valence-electron chi connectivity index (χ0n) is 13.2. The third-order valence-electron chi connectivity index (χ3n) is 4.26. The van der Waals surface area contributed by atoms with Crippen molar-refractivity contribution in [1.29, 1.82) is 0 Å². The first-order valence-electron chi connectivity index (χ1n) is 8.05. The van der Waals surface area contributed by atoms with Crippen LogP contribution in [0.4, 0.5) is 0 Å². The number of hydrogen-bond acceptors (Lipinski definition) is 4. The Morgan fingerprint density at radius 1 is 1.21 bits per heavy atom. The van der Waals surface area contributed by atoms with E-state index >= 15 is 0 Å². The molecule has 1 N–H and O–H groups in total. The molecule has 0 saturated heterocycles. The second-order valence-corrected chi connectivity index (χ2v) is 6.03. The fourth-order valence-electron chi connectivity index (χ4n) is 3.01. The van der Waals surface area contributed by atoms with Crippen LogP contribution in [0.25, 0.3) is 11.0 Å². The minimum Gasteiger partial charge on any atom is -0.493 e. The molecule has 0 bridgehead atoms. The molecular weight excluding hydrogens is 304 g/mol. The average Bonchev–Trinajstić information content (AvgIpc) is 3.03. The predicted octanol–water partition coefficient (Wildman–Crippen LogP) is 1.80. The Labute approximate surface area is 139 Å². The largest absolute Gasteiger partial charge is 0.493 e. The van der Waals surface area contributed by atoms with Gasteiger partial charge in [0.05, 0.1) is 12.1 Å². The summed E-state index contributed by atoms with van der Waals surface area (Å²) in [7, 11) is 0. The van der Waals surface area contributed by atoms with Gasteiger partial charge in [-0.05, 0) is 30.2 Å². The normalized spacial score (nSPS) is 16.4. The van der Waals surface area contributed by atoms with Crippen molar-refractivity contribution < 1.29 is 9.53 Å². The quantitative estimate of drug-likeness (QED) is 0.795. The summed E-state index contributed by atoms with van der Waals surface area (Å²) in [5.41, 5.74) is 2.86. The SMILES string of the molecule is O=C(Cn1nnc2ccccc21)NCC1COc2ccccc2C1. The summed E-state index contributed by atoms with van der Waals surface area (Å²) in [5, 5.41) is 11.1. The van der Waals surface area contributed by atoms with Crippen LogP contribution in [0.5, 0.6) is 5.75 Å². The van der Waals surface area contributed by atoms with Crippen molar-refractivity contribution >= 4 is 16.9 Å². The molecule has 1 aromatic heterocycles. The van der Waals surface area contributed by atoms with E-state index in [0.29, 0.717) is 13.2 Å². The second-order valence-electron chi connectivity index (χ2n) is 6.03. The van der Waals surface area contributed by atoms with Gasteiger partial charge in [0.25, 0.3) is 0 Å². The molecule has 24 heavy (non-hydrogen) atoms. The van der Waals surface area contributed by atoms with Crippen LogP contribution in [0.1, 0.15) is 5.56 Å². The Kier molecular flexibility index (Phi) is 3.86. The number of carbonyl (C=O) groups is 1. The lowest BCUT2D eigenvalue weighted by Gasteiger charge is -2.25. The van der Waals surface area contributed by atoms with E-state index in [9.17, 15) is 4.79 Å². The minimum atomic E-state index is -0.0653. The topological polar surface area (TPSA) is 69.0 Å². The molecule has 1 atom stereocenters. The van der Waals surface area contributed by atoms with Gasteiger partial charge in [0.1, 0.15) is 17.8 Å². The number of ether oxygens (including phenoxy) is 1. The number of nitrogens with zero attached hydrogens (tertiary/aromatic N) is 3. The first kappa shape index (κ1) is 14.7. The molecule has 1 unspecified atom stereocenters. The van der Waals surface area contributed by atoms with Crippen molar-refractivity contribution in [1.82, 2.24) is 20.3 Å². The fourth-order valence-corrected chi connectivity index (χ4v) is 3.01. The van der Waals surface area contributed by atoms with Gasteiger partial charge in [-0.2, -0.15) is 0 Å². The van der Waals surface area contributed by atoms with E-state index in [2.05, 4.69) is 21.7 Å². The van der Waals surface area contributed by atoms with E-state index in [1.54, 1.807) is 4.68 Å². The Morgan fingerprint density at radius 3 is 3.00 bits per heavy atom. The van der Waals surface area contributed by atoms with Crippen molar-refractivity contribution in [3.8, 4) is 5.75 Å². The van der Waals surface area contributed by atoms with Gasteiger partial charge in [-0.25, -0.2) is 4.68 Å². The van der Waals surface area contributed by atoms with E-state index < -0.39 is 0 Å². The van der Waals surface area contributed by atoms with Crippen LogP contribution >= 0.6 is 0 Å². The number of nitrogens with one attached hydrogen (secondary N) is 1. The smallest absolute Gasteiger partial charge is 0.241 e. The Bertz CT molecular complexity index is 874. The molecule has 3 aromatic rings. The molecule has 1 aliphatic rings. The van der Waals surface area contributed by atoms with Crippen molar-refractivity contribution in [2.45, 2.75) is 13.0 Å². The summed E-state index contributed by atoms with van der Waals surface area (Å²) in [4.78, 5) is 12.2. The van der Waals surface area contributed by atoms with Crippen LogP contribution in [0, 0.1) is 5.92 Å². The van der Waals surface area contributed by atoms with Crippen LogP contribution < -0.4 is 10.1 Å². The van der Waals surface area contributed by atoms with Crippen molar-refractivity contribution in [2.75, 3.05) is 13.2 Å². The van der Waals surface area contributed by atoms with E-state index in [0.717, 1.165) is 23.2 Å². The van der Waals surface area contributed by atoms with Crippen molar-refractivity contribution in [2.24, 2.45) is 5.92 Å². The Hall–Kier alpha value is -2.89. The highest BCUT2D eigenvalue weighted by atomic mass is 16.5. The summed E-state index contributed by atoms with van der Waals surface area (Å²) in [6.45, 7) is 1.40. The minimum absolute atomic E-state index is 0.0653. The van der Waals surface area contributed by atoms with E-state index in [4.69, 9.17) is 4.74 Å². The molecule has 122 valence electrons. The Balaban J connectivity index is 1.34. The lowest BCUT2D eigenvalue weighted by Crippen LogP contribution is -2.36. The molecule has 1 aliphatic heterocycles. The molecule has 0 spiro atoms. The highest BCUT2D eigenvalue weighted by Crippen LogP contribution is 2.26. The maximum Gasteiger partial charge on any atom is 0.241 e. The molecule has 0 aliphatic carbocycles. The first-order valence-corrected chi connectivity index (χ1v) is 8.05. The van der Waals surface area contributed by atoms with Gasteiger partial charge >= 0.3 is 0 Å². The fraction of sp³-hybridized carbons (Fsp3) is 0.278.